The molecule has 0 spiro atoms. The molecule has 1 aromatic carbocycles. The number of aliphatic hydroxyl groups is 2. The third-order valence-electron chi connectivity index (χ3n) is 2.62. The lowest BCUT2D eigenvalue weighted by molar-refractivity contribution is -0.385. The Morgan fingerprint density at radius 1 is 1.45 bits per heavy atom. The number of benzene rings is 1. The predicted octanol–water partition coefficient (Wildman–Crippen LogP) is 1.36. The minimum atomic E-state index is -1.46. The molecule has 0 bridgehead atoms. The van der Waals surface area contributed by atoms with E-state index in [1.54, 1.807) is 0 Å². The molecule has 2 unspecified atom stereocenters. The third-order valence-corrected chi connectivity index (χ3v) is 3.47. The summed E-state index contributed by atoms with van der Waals surface area (Å²) >= 11 is 1.00. The summed E-state index contributed by atoms with van der Waals surface area (Å²) in [6, 6.07) is 3.21. The Morgan fingerprint density at radius 3 is 2.65 bits per heavy atom. The maximum Gasteiger partial charge on any atom is 0.270 e. The molecule has 0 fully saturated rings. The molecular weight excluding hydrogens is 286 g/mol. The third kappa shape index (κ3) is 4.48. The number of phenolic OH excluding ortho intramolecular Hbond substituents is 1. The van der Waals surface area contributed by atoms with Crippen LogP contribution in [0.25, 0.3) is 0 Å². The van der Waals surface area contributed by atoms with Crippen LogP contribution < -0.4 is 0 Å². The molecule has 1 rings (SSSR count). The summed E-state index contributed by atoms with van der Waals surface area (Å²) in [6.45, 7) is 1.39. The molecule has 0 saturated carbocycles. The molecule has 110 valence electrons. The second-order valence-corrected chi connectivity index (χ2v) is 5.41. The number of hydrogen-bond acceptors (Lipinski definition) is 7. The van der Waals surface area contributed by atoms with Gasteiger partial charge in [0.15, 0.2) is 5.12 Å². The van der Waals surface area contributed by atoms with Crippen molar-refractivity contribution < 1.29 is 25.0 Å². The highest BCUT2D eigenvalue weighted by Crippen LogP contribution is 2.31. The zero-order valence-electron chi connectivity index (χ0n) is 10.7. The van der Waals surface area contributed by atoms with Gasteiger partial charge in [-0.15, -0.1) is 0 Å². The van der Waals surface area contributed by atoms with Crippen LogP contribution in [0.3, 0.4) is 0 Å². The van der Waals surface area contributed by atoms with Crippen molar-refractivity contribution in [2.24, 2.45) is 0 Å². The maximum atomic E-state index is 10.7. The number of nitrogens with zero attached hydrogens (tertiary/aromatic N) is 1. The van der Waals surface area contributed by atoms with Crippen LogP contribution in [-0.2, 0) is 4.79 Å². The number of phenols is 1. The van der Waals surface area contributed by atoms with Gasteiger partial charge in [0, 0.05) is 30.4 Å². The van der Waals surface area contributed by atoms with Crippen molar-refractivity contribution in [3.8, 4) is 5.75 Å². The molecule has 0 heterocycles. The van der Waals surface area contributed by atoms with Gasteiger partial charge in [-0.05, 0) is 12.5 Å². The number of nitro benzene ring substituents is 1. The first-order chi connectivity index (χ1) is 9.32. The normalized spacial score (nSPS) is 13.8. The SMILES string of the molecule is CC(=O)SCCC(O)C(O)c1cc([N+](=O)[O-])ccc1O. The fraction of sp³-hybridized carbons (Fsp3) is 0.417. The fourth-order valence-corrected chi connectivity index (χ4v) is 2.23. The van der Waals surface area contributed by atoms with E-state index in [1.165, 1.54) is 6.92 Å². The van der Waals surface area contributed by atoms with Crippen LogP contribution in [-0.4, -0.2) is 37.2 Å². The topological polar surface area (TPSA) is 121 Å². The smallest absolute Gasteiger partial charge is 0.270 e. The van der Waals surface area contributed by atoms with E-state index in [4.69, 9.17) is 0 Å². The average molecular weight is 301 g/mol. The molecular formula is C12H15NO6S. The Kier molecular flexibility index (Phi) is 5.93. The van der Waals surface area contributed by atoms with Crippen molar-refractivity contribution in [1.29, 1.82) is 0 Å². The van der Waals surface area contributed by atoms with Crippen LogP contribution in [0.1, 0.15) is 25.0 Å². The van der Waals surface area contributed by atoms with Gasteiger partial charge in [-0.2, -0.15) is 0 Å². The Morgan fingerprint density at radius 2 is 2.10 bits per heavy atom. The lowest BCUT2D eigenvalue weighted by atomic mass is 10.0. The van der Waals surface area contributed by atoms with Crippen LogP contribution in [0.15, 0.2) is 18.2 Å². The summed E-state index contributed by atoms with van der Waals surface area (Å²) in [7, 11) is 0. The Bertz CT molecular complexity index is 507. The van der Waals surface area contributed by atoms with Gasteiger partial charge in [0.05, 0.1) is 11.0 Å². The van der Waals surface area contributed by atoms with Crippen molar-refractivity contribution >= 4 is 22.6 Å². The molecule has 1 aromatic rings. The molecule has 0 saturated heterocycles. The Hall–Kier alpha value is -1.64. The number of hydrogen-bond donors (Lipinski definition) is 3. The first kappa shape index (κ1) is 16.4. The lowest BCUT2D eigenvalue weighted by Gasteiger charge is -2.18. The molecule has 0 aliphatic carbocycles. The van der Waals surface area contributed by atoms with Crippen molar-refractivity contribution in [2.75, 3.05) is 5.75 Å². The molecule has 0 radical (unpaired) electrons. The first-order valence-corrected chi connectivity index (χ1v) is 6.78. The zero-order chi connectivity index (χ0) is 15.3. The van der Waals surface area contributed by atoms with Crippen molar-refractivity contribution in [2.45, 2.75) is 25.6 Å². The van der Waals surface area contributed by atoms with Gasteiger partial charge < -0.3 is 15.3 Å². The minimum Gasteiger partial charge on any atom is -0.508 e. The van der Waals surface area contributed by atoms with Crippen LogP contribution in [0.4, 0.5) is 5.69 Å². The quantitative estimate of drug-likeness (QED) is 0.536. The highest BCUT2D eigenvalue weighted by Gasteiger charge is 2.23. The van der Waals surface area contributed by atoms with E-state index in [9.17, 15) is 30.2 Å². The monoisotopic (exact) mass is 301 g/mol. The van der Waals surface area contributed by atoms with E-state index in [-0.39, 0.29) is 28.5 Å². The molecule has 7 nitrogen and oxygen atoms in total. The summed E-state index contributed by atoms with van der Waals surface area (Å²) in [5, 5.41) is 39.8. The molecule has 0 amide bonds. The second kappa shape index (κ2) is 7.22. The van der Waals surface area contributed by atoms with Crippen molar-refractivity contribution in [3.05, 3.63) is 33.9 Å². The molecule has 0 aliphatic heterocycles. The van der Waals surface area contributed by atoms with Gasteiger partial charge in [-0.1, -0.05) is 11.8 Å². The lowest BCUT2D eigenvalue weighted by Crippen LogP contribution is -2.19. The van der Waals surface area contributed by atoms with Gasteiger partial charge in [-0.3, -0.25) is 14.9 Å². The number of carbonyl (C=O) groups excluding carboxylic acids is 1. The number of carbonyl (C=O) groups is 1. The second-order valence-electron chi connectivity index (χ2n) is 4.14. The summed E-state index contributed by atoms with van der Waals surface area (Å²) < 4.78 is 0. The fourth-order valence-electron chi connectivity index (χ4n) is 1.58. The number of aromatic hydroxyl groups is 1. The van der Waals surface area contributed by atoms with E-state index in [0.717, 1.165) is 30.0 Å². The highest BCUT2D eigenvalue weighted by molar-refractivity contribution is 8.13. The number of thioether (sulfide) groups is 1. The van der Waals surface area contributed by atoms with E-state index in [1.807, 2.05) is 0 Å². The van der Waals surface area contributed by atoms with Crippen LogP contribution in [0.5, 0.6) is 5.75 Å². The molecule has 2 atom stereocenters. The Labute approximate surface area is 119 Å². The summed E-state index contributed by atoms with van der Waals surface area (Å²) in [4.78, 5) is 20.7. The highest BCUT2D eigenvalue weighted by atomic mass is 32.2. The summed E-state index contributed by atoms with van der Waals surface area (Å²) in [5.74, 6) is -0.0233. The Balaban J connectivity index is 2.79. The van der Waals surface area contributed by atoms with Crippen molar-refractivity contribution in [3.63, 3.8) is 0 Å². The van der Waals surface area contributed by atoms with E-state index in [0.29, 0.717) is 5.75 Å². The van der Waals surface area contributed by atoms with Gasteiger partial charge in [0.25, 0.3) is 5.69 Å². The van der Waals surface area contributed by atoms with E-state index >= 15 is 0 Å². The molecule has 8 heteroatoms. The largest absolute Gasteiger partial charge is 0.508 e. The maximum absolute atomic E-state index is 10.7. The van der Waals surface area contributed by atoms with E-state index < -0.39 is 17.1 Å². The standard InChI is InChI=1S/C12H15NO6S/c1-7(14)20-5-4-11(16)12(17)9-6-8(13(18)19)2-3-10(9)15/h2-3,6,11-12,15-17H,4-5H2,1H3. The van der Waals surface area contributed by atoms with Gasteiger partial charge in [0.2, 0.25) is 0 Å². The van der Waals surface area contributed by atoms with E-state index in [2.05, 4.69) is 0 Å². The number of rotatable bonds is 6. The van der Waals surface area contributed by atoms with Gasteiger partial charge in [-0.25, -0.2) is 0 Å². The average Bonchev–Trinajstić information content (AvgIpc) is 2.37. The molecule has 3 N–H and O–H groups in total. The molecule has 0 aromatic heterocycles. The van der Waals surface area contributed by atoms with Crippen LogP contribution in [0, 0.1) is 10.1 Å². The number of aliphatic hydroxyl groups excluding tert-OH is 2. The number of non-ortho nitro benzene ring substituents is 1. The molecule has 20 heavy (non-hydrogen) atoms. The van der Waals surface area contributed by atoms with Gasteiger partial charge in [0.1, 0.15) is 11.9 Å². The van der Waals surface area contributed by atoms with Crippen LogP contribution in [0.2, 0.25) is 0 Å². The number of nitro groups is 1. The summed E-state index contributed by atoms with van der Waals surface area (Å²) in [6.07, 6.45) is -2.56. The van der Waals surface area contributed by atoms with Crippen molar-refractivity contribution in [1.82, 2.24) is 0 Å². The van der Waals surface area contributed by atoms with Crippen LogP contribution >= 0.6 is 11.8 Å². The summed E-state index contributed by atoms with van der Waals surface area (Å²) in [5.41, 5.74) is -0.401. The zero-order valence-corrected chi connectivity index (χ0v) is 11.5. The first-order valence-electron chi connectivity index (χ1n) is 5.79. The predicted molar refractivity (Wildman–Crippen MR) is 73.5 cm³/mol. The molecule has 0 aliphatic rings. The van der Waals surface area contributed by atoms with Gasteiger partial charge >= 0.3 is 0 Å². The minimum absolute atomic E-state index is 0.107.